The van der Waals surface area contributed by atoms with E-state index < -0.39 is 0 Å². The van der Waals surface area contributed by atoms with Gasteiger partial charge >= 0.3 is 0 Å². The molecule has 0 radical (unpaired) electrons. The number of rotatable bonds is 7. The van der Waals surface area contributed by atoms with Gasteiger partial charge in [0.25, 0.3) is 0 Å². The highest BCUT2D eigenvalue weighted by Crippen LogP contribution is 2.21. The van der Waals surface area contributed by atoms with Crippen LogP contribution in [0.15, 0.2) is 47.1 Å². The summed E-state index contributed by atoms with van der Waals surface area (Å²) in [6, 6.07) is 12.0. The number of nitrogens with one attached hydrogen (secondary N) is 1. The molecule has 31 heavy (non-hydrogen) atoms. The van der Waals surface area contributed by atoms with Crippen molar-refractivity contribution in [1.29, 1.82) is 0 Å². The van der Waals surface area contributed by atoms with Crippen LogP contribution in [0, 0.1) is 5.92 Å². The van der Waals surface area contributed by atoms with E-state index in [0.29, 0.717) is 19.6 Å². The summed E-state index contributed by atoms with van der Waals surface area (Å²) in [7, 11) is 0. The van der Waals surface area contributed by atoms with E-state index in [-0.39, 0.29) is 36.4 Å². The Kier molecular flexibility index (Phi) is 6.73. The number of carbonyl (C=O) groups is 2. The average molecular weight is 426 g/mol. The SMILES string of the molecule is CC1CN(Cc2ccc(CNC(=O)C3CC(=O)N(Cc4ccco4)C3)cc2)CC(C)O1. The minimum absolute atomic E-state index is 0.00680. The monoisotopic (exact) mass is 425 g/mol. The Morgan fingerprint density at radius 1 is 1.03 bits per heavy atom. The van der Waals surface area contributed by atoms with Crippen LogP contribution in [0.2, 0.25) is 0 Å². The summed E-state index contributed by atoms with van der Waals surface area (Å²) in [6.45, 7) is 8.33. The van der Waals surface area contributed by atoms with Gasteiger partial charge in [0.05, 0.1) is 30.9 Å². The lowest BCUT2D eigenvalue weighted by atomic mass is 10.1. The van der Waals surface area contributed by atoms with E-state index in [0.717, 1.165) is 31.0 Å². The first-order valence-electron chi connectivity index (χ1n) is 11.0. The molecule has 3 atom stereocenters. The van der Waals surface area contributed by atoms with Crippen molar-refractivity contribution in [2.75, 3.05) is 19.6 Å². The number of hydrogen-bond donors (Lipinski definition) is 1. The van der Waals surface area contributed by atoms with E-state index in [1.165, 1.54) is 5.56 Å². The fraction of sp³-hybridized carbons (Fsp3) is 0.500. The number of likely N-dealkylation sites (tertiary alicyclic amines) is 1. The van der Waals surface area contributed by atoms with Gasteiger partial charge < -0.3 is 19.4 Å². The van der Waals surface area contributed by atoms with Gasteiger partial charge in [-0.1, -0.05) is 24.3 Å². The van der Waals surface area contributed by atoms with Crippen LogP contribution in [-0.4, -0.2) is 53.5 Å². The normalized spacial score (nSPS) is 24.5. The second kappa shape index (κ2) is 9.66. The van der Waals surface area contributed by atoms with Crippen molar-refractivity contribution < 1.29 is 18.7 Å². The molecule has 7 nitrogen and oxygen atoms in total. The van der Waals surface area contributed by atoms with Gasteiger partial charge in [-0.15, -0.1) is 0 Å². The molecule has 166 valence electrons. The highest BCUT2D eigenvalue weighted by atomic mass is 16.5. The summed E-state index contributed by atoms with van der Waals surface area (Å²) in [4.78, 5) is 28.9. The highest BCUT2D eigenvalue weighted by Gasteiger charge is 2.34. The fourth-order valence-electron chi connectivity index (χ4n) is 4.46. The number of furan rings is 1. The summed E-state index contributed by atoms with van der Waals surface area (Å²) >= 11 is 0. The minimum atomic E-state index is -0.313. The van der Waals surface area contributed by atoms with Gasteiger partial charge in [0.2, 0.25) is 11.8 Å². The quantitative estimate of drug-likeness (QED) is 0.738. The molecular formula is C24H31N3O4. The molecule has 2 saturated heterocycles. The molecule has 2 amide bonds. The zero-order chi connectivity index (χ0) is 21.8. The largest absolute Gasteiger partial charge is 0.467 e. The molecule has 2 aliphatic heterocycles. The van der Waals surface area contributed by atoms with Crippen LogP contribution in [0.3, 0.4) is 0 Å². The van der Waals surface area contributed by atoms with Gasteiger partial charge in [-0.05, 0) is 37.1 Å². The Balaban J connectivity index is 1.23. The third-order valence-electron chi connectivity index (χ3n) is 5.90. The number of carbonyl (C=O) groups excluding carboxylic acids is 2. The molecule has 0 spiro atoms. The van der Waals surface area contributed by atoms with Crippen LogP contribution in [0.5, 0.6) is 0 Å². The number of hydrogen-bond acceptors (Lipinski definition) is 5. The van der Waals surface area contributed by atoms with Crippen molar-refractivity contribution in [3.05, 3.63) is 59.5 Å². The molecule has 2 aliphatic rings. The summed E-state index contributed by atoms with van der Waals surface area (Å²) < 4.78 is 11.1. The molecule has 7 heteroatoms. The lowest BCUT2D eigenvalue weighted by Gasteiger charge is -2.35. The molecule has 0 bridgehead atoms. The Morgan fingerprint density at radius 3 is 2.42 bits per heavy atom. The second-order valence-electron chi connectivity index (χ2n) is 8.74. The highest BCUT2D eigenvalue weighted by molar-refractivity contribution is 5.89. The summed E-state index contributed by atoms with van der Waals surface area (Å²) in [5.41, 5.74) is 2.31. The summed E-state index contributed by atoms with van der Waals surface area (Å²) in [6.07, 6.45) is 2.36. The van der Waals surface area contributed by atoms with Crippen molar-refractivity contribution in [3.63, 3.8) is 0 Å². The van der Waals surface area contributed by atoms with Crippen molar-refractivity contribution in [2.45, 2.75) is 52.1 Å². The maximum Gasteiger partial charge on any atom is 0.225 e. The Labute approximate surface area is 183 Å². The van der Waals surface area contributed by atoms with Crippen molar-refractivity contribution in [1.82, 2.24) is 15.1 Å². The maximum absolute atomic E-state index is 12.6. The molecule has 1 aromatic carbocycles. The van der Waals surface area contributed by atoms with E-state index in [1.54, 1.807) is 17.2 Å². The van der Waals surface area contributed by atoms with Crippen LogP contribution >= 0.6 is 0 Å². The Morgan fingerprint density at radius 2 is 1.74 bits per heavy atom. The Hall–Kier alpha value is -2.64. The van der Waals surface area contributed by atoms with Gasteiger partial charge in [-0.2, -0.15) is 0 Å². The van der Waals surface area contributed by atoms with Crippen LogP contribution in [0.1, 0.15) is 37.2 Å². The first kappa shape index (κ1) is 21.6. The number of amides is 2. The van der Waals surface area contributed by atoms with Crippen LogP contribution in [0.25, 0.3) is 0 Å². The van der Waals surface area contributed by atoms with Gasteiger partial charge in [0.15, 0.2) is 0 Å². The maximum atomic E-state index is 12.6. The molecule has 4 rings (SSSR count). The molecular weight excluding hydrogens is 394 g/mol. The summed E-state index contributed by atoms with van der Waals surface area (Å²) in [5.74, 6) is 0.339. The van der Waals surface area contributed by atoms with Gasteiger partial charge in [-0.3, -0.25) is 14.5 Å². The molecule has 1 N–H and O–H groups in total. The van der Waals surface area contributed by atoms with Gasteiger partial charge in [-0.25, -0.2) is 0 Å². The molecule has 3 unspecified atom stereocenters. The Bertz CT molecular complexity index is 871. The average Bonchev–Trinajstić information content (AvgIpc) is 3.37. The summed E-state index contributed by atoms with van der Waals surface area (Å²) in [5, 5.41) is 2.99. The first-order valence-corrected chi connectivity index (χ1v) is 11.0. The molecule has 2 aromatic rings. The first-order chi connectivity index (χ1) is 15.0. The topological polar surface area (TPSA) is 75.0 Å². The van der Waals surface area contributed by atoms with Crippen LogP contribution in [0.4, 0.5) is 0 Å². The predicted octanol–water partition coefficient (Wildman–Crippen LogP) is 2.55. The fourth-order valence-corrected chi connectivity index (χ4v) is 4.46. The van der Waals surface area contributed by atoms with E-state index in [4.69, 9.17) is 9.15 Å². The van der Waals surface area contributed by atoms with Crippen molar-refractivity contribution >= 4 is 11.8 Å². The molecule has 1 aromatic heterocycles. The number of ether oxygens (including phenoxy) is 1. The number of nitrogens with zero attached hydrogens (tertiary/aromatic N) is 2. The minimum Gasteiger partial charge on any atom is -0.467 e. The van der Waals surface area contributed by atoms with Crippen molar-refractivity contribution in [2.24, 2.45) is 5.92 Å². The third kappa shape index (κ3) is 5.74. The second-order valence-corrected chi connectivity index (χ2v) is 8.74. The molecule has 3 heterocycles. The number of benzene rings is 1. The predicted molar refractivity (Wildman–Crippen MR) is 116 cm³/mol. The molecule has 2 fully saturated rings. The van der Waals surface area contributed by atoms with Gasteiger partial charge in [0.1, 0.15) is 5.76 Å². The standard InChI is InChI=1S/C24H31N3O4/c1-17-12-26(13-18(2)31-17)14-20-7-5-19(6-8-20)11-25-24(29)21-10-23(28)27(15-21)16-22-4-3-9-30-22/h3-9,17-18,21H,10-16H2,1-2H3,(H,25,29). The van der Waals surface area contributed by atoms with E-state index in [1.807, 2.05) is 6.07 Å². The van der Waals surface area contributed by atoms with Crippen molar-refractivity contribution in [3.8, 4) is 0 Å². The van der Waals surface area contributed by atoms with E-state index >= 15 is 0 Å². The lowest BCUT2D eigenvalue weighted by molar-refractivity contribution is -0.129. The molecule has 0 aliphatic carbocycles. The third-order valence-corrected chi connectivity index (χ3v) is 5.90. The molecule has 0 saturated carbocycles. The van der Waals surface area contributed by atoms with Gasteiger partial charge in [0, 0.05) is 39.1 Å². The smallest absolute Gasteiger partial charge is 0.225 e. The zero-order valence-corrected chi connectivity index (χ0v) is 18.3. The van der Waals surface area contributed by atoms with E-state index in [2.05, 4.69) is 48.3 Å². The zero-order valence-electron chi connectivity index (χ0n) is 18.3. The lowest BCUT2D eigenvalue weighted by Crippen LogP contribution is -2.44. The van der Waals surface area contributed by atoms with Crippen LogP contribution in [-0.2, 0) is 34.0 Å². The van der Waals surface area contributed by atoms with Crippen LogP contribution < -0.4 is 5.32 Å². The number of morpholine rings is 1. The van der Waals surface area contributed by atoms with E-state index in [9.17, 15) is 9.59 Å².